The standard InChI is InChI=1S/C65H125NO5/c1-3-5-7-9-11-13-15-17-19-20-21-22-23-24-25-26-27-30-33-37-41-45-49-53-57-63(68)62(61-67)66-64(69)58-54-50-46-42-38-34-31-28-32-36-40-44-48-52-56-60-71-65(70)59-55-51-47-43-39-35-29-18-16-14-12-10-8-6-4-2/h32,36,53,57,62-63,67-68H,3-31,33-35,37-52,54-56,58-61H2,1-2H3,(H,66,69)/b36-32-,57-53+. The molecule has 6 heteroatoms. The van der Waals surface area contributed by atoms with Crippen LogP contribution in [-0.2, 0) is 14.3 Å². The number of esters is 1. The molecule has 0 aliphatic carbocycles. The highest BCUT2D eigenvalue weighted by Gasteiger charge is 2.18. The van der Waals surface area contributed by atoms with Crippen LogP contribution in [0.2, 0.25) is 0 Å². The Balaban J connectivity index is 3.48. The minimum absolute atomic E-state index is 0.00750. The van der Waals surface area contributed by atoms with Gasteiger partial charge in [-0.1, -0.05) is 308 Å². The number of aliphatic hydroxyl groups excluding tert-OH is 2. The number of unbranched alkanes of at least 4 members (excludes halogenated alkanes) is 47. The lowest BCUT2D eigenvalue weighted by Crippen LogP contribution is -2.45. The number of nitrogens with one attached hydrogen (secondary N) is 1. The molecule has 0 fully saturated rings. The van der Waals surface area contributed by atoms with E-state index in [-0.39, 0.29) is 18.5 Å². The number of aliphatic hydroxyl groups is 2. The molecule has 0 aromatic rings. The second kappa shape index (κ2) is 60.9. The molecular formula is C65H125NO5. The molecule has 1 amide bonds. The minimum Gasteiger partial charge on any atom is -0.466 e. The molecule has 0 rings (SSSR count). The Morgan fingerprint density at radius 3 is 1.00 bits per heavy atom. The largest absolute Gasteiger partial charge is 0.466 e. The van der Waals surface area contributed by atoms with Gasteiger partial charge in [0.25, 0.3) is 0 Å². The van der Waals surface area contributed by atoms with E-state index in [0.29, 0.717) is 19.4 Å². The van der Waals surface area contributed by atoms with Crippen LogP contribution in [0.15, 0.2) is 24.3 Å². The molecule has 0 heterocycles. The zero-order chi connectivity index (χ0) is 51.4. The van der Waals surface area contributed by atoms with Crippen LogP contribution in [0.25, 0.3) is 0 Å². The quantitative estimate of drug-likeness (QED) is 0.0320. The topological polar surface area (TPSA) is 95.9 Å². The van der Waals surface area contributed by atoms with Crippen molar-refractivity contribution in [1.29, 1.82) is 0 Å². The Kier molecular flexibility index (Phi) is 59.5. The first kappa shape index (κ1) is 69.3. The van der Waals surface area contributed by atoms with Gasteiger partial charge in [0.05, 0.1) is 25.4 Å². The Morgan fingerprint density at radius 2 is 0.662 bits per heavy atom. The summed E-state index contributed by atoms with van der Waals surface area (Å²) in [5.41, 5.74) is 0. The number of carbonyl (C=O) groups excluding carboxylic acids is 2. The number of hydrogen-bond donors (Lipinski definition) is 3. The second-order valence-electron chi connectivity index (χ2n) is 22.1. The zero-order valence-electron chi connectivity index (χ0n) is 48.0. The van der Waals surface area contributed by atoms with Gasteiger partial charge < -0.3 is 20.3 Å². The van der Waals surface area contributed by atoms with Crippen molar-refractivity contribution in [3.8, 4) is 0 Å². The lowest BCUT2D eigenvalue weighted by Gasteiger charge is -2.20. The van der Waals surface area contributed by atoms with Gasteiger partial charge in [0.1, 0.15) is 0 Å². The highest BCUT2D eigenvalue weighted by molar-refractivity contribution is 5.76. The average Bonchev–Trinajstić information content (AvgIpc) is 3.37. The molecule has 3 N–H and O–H groups in total. The van der Waals surface area contributed by atoms with Gasteiger partial charge in [-0.2, -0.15) is 0 Å². The third-order valence-electron chi connectivity index (χ3n) is 15.0. The van der Waals surface area contributed by atoms with E-state index >= 15 is 0 Å². The van der Waals surface area contributed by atoms with Crippen molar-refractivity contribution in [2.24, 2.45) is 0 Å². The monoisotopic (exact) mass is 1000 g/mol. The van der Waals surface area contributed by atoms with Crippen molar-refractivity contribution in [2.45, 2.75) is 366 Å². The summed E-state index contributed by atoms with van der Waals surface area (Å²) in [6, 6.07) is -0.640. The lowest BCUT2D eigenvalue weighted by molar-refractivity contribution is -0.143. The number of ether oxygens (including phenoxy) is 1. The summed E-state index contributed by atoms with van der Waals surface area (Å²) in [6.07, 6.45) is 75.1. The van der Waals surface area contributed by atoms with E-state index in [4.69, 9.17) is 4.74 Å². The molecule has 0 aromatic heterocycles. The fourth-order valence-electron chi connectivity index (χ4n) is 10.0. The first-order valence-electron chi connectivity index (χ1n) is 32.1. The van der Waals surface area contributed by atoms with Crippen molar-refractivity contribution < 1.29 is 24.5 Å². The fraction of sp³-hybridized carbons (Fsp3) is 0.908. The van der Waals surface area contributed by atoms with Crippen LogP contribution >= 0.6 is 0 Å². The molecule has 6 nitrogen and oxygen atoms in total. The predicted octanol–water partition coefficient (Wildman–Crippen LogP) is 20.2. The third kappa shape index (κ3) is 57.5. The summed E-state index contributed by atoms with van der Waals surface area (Å²) in [4.78, 5) is 24.6. The maximum atomic E-state index is 12.5. The molecule has 0 bridgehead atoms. The lowest BCUT2D eigenvalue weighted by atomic mass is 10.0. The molecule has 420 valence electrons. The van der Waals surface area contributed by atoms with Crippen molar-refractivity contribution in [3.63, 3.8) is 0 Å². The highest BCUT2D eigenvalue weighted by Crippen LogP contribution is 2.18. The van der Waals surface area contributed by atoms with Crippen molar-refractivity contribution in [3.05, 3.63) is 24.3 Å². The van der Waals surface area contributed by atoms with Crippen molar-refractivity contribution in [2.75, 3.05) is 13.2 Å². The van der Waals surface area contributed by atoms with Gasteiger partial charge in [-0.25, -0.2) is 0 Å². The maximum absolute atomic E-state index is 12.5. The van der Waals surface area contributed by atoms with Gasteiger partial charge in [-0.05, 0) is 57.8 Å². The summed E-state index contributed by atoms with van der Waals surface area (Å²) in [5, 5.41) is 23.2. The van der Waals surface area contributed by atoms with Crippen LogP contribution in [0.4, 0.5) is 0 Å². The molecule has 2 atom stereocenters. The van der Waals surface area contributed by atoms with Crippen LogP contribution in [0.3, 0.4) is 0 Å². The van der Waals surface area contributed by atoms with Gasteiger partial charge in [0.2, 0.25) is 5.91 Å². The second-order valence-corrected chi connectivity index (χ2v) is 22.1. The van der Waals surface area contributed by atoms with E-state index in [1.807, 2.05) is 6.08 Å². The van der Waals surface area contributed by atoms with E-state index < -0.39 is 12.1 Å². The third-order valence-corrected chi connectivity index (χ3v) is 15.0. The van der Waals surface area contributed by atoms with Gasteiger partial charge in [0.15, 0.2) is 0 Å². The Hall–Kier alpha value is -1.66. The van der Waals surface area contributed by atoms with Crippen molar-refractivity contribution >= 4 is 11.9 Å². The zero-order valence-corrected chi connectivity index (χ0v) is 48.0. The number of amides is 1. The van der Waals surface area contributed by atoms with Crippen LogP contribution in [0.5, 0.6) is 0 Å². The van der Waals surface area contributed by atoms with Crippen LogP contribution in [0.1, 0.15) is 354 Å². The Bertz CT molecular complexity index is 1110. The fourth-order valence-corrected chi connectivity index (χ4v) is 10.0. The van der Waals surface area contributed by atoms with E-state index in [1.165, 1.54) is 257 Å². The van der Waals surface area contributed by atoms with Crippen LogP contribution in [-0.4, -0.2) is 47.4 Å². The number of hydrogen-bond acceptors (Lipinski definition) is 5. The molecule has 0 aromatic carbocycles. The van der Waals surface area contributed by atoms with E-state index in [9.17, 15) is 19.8 Å². The normalized spacial score (nSPS) is 12.7. The minimum atomic E-state index is -0.855. The molecule has 0 saturated heterocycles. The smallest absolute Gasteiger partial charge is 0.305 e. The predicted molar refractivity (Wildman–Crippen MR) is 310 cm³/mol. The molecule has 2 unspecified atom stereocenters. The summed E-state index contributed by atoms with van der Waals surface area (Å²) in [5.74, 6) is -0.0869. The molecule has 0 saturated carbocycles. The van der Waals surface area contributed by atoms with E-state index in [1.54, 1.807) is 6.08 Å². The SMILES string of the molecule is CCCCCCCCCCCCCCCCCCCCCCCC/C=C/C(O)C(CO)NC(=O)CCCCCCCCC/C=C\CCCCCCOC(=O)CCCCCCCCCCCCCCCCC. The summed E-state index contributed by atoms with van der Waals surface area (Å²) < 4.78 is 5.47. The highest BCUT2D eigenvalue weighted by atomic mass is 16.5. The van der Waals surface area contributed by atoms with Crippen LogP contribution < -0.4 is 5.32 Å². The molecule has 71 heavy (non-hydrogen) atoms. The first-order chi connectivity index (χ1) is 35.0. The number of rotatable bonds is 60. The molecule has 0 aliphatic heterocycles. The number of allylic oxidation sites excluding steroid dienone is 3. The Labute approximate surface area is 443 Å². The molecule has 0 spiro atoms. The van der Waals surface area contributed by atoms with E-state index in [0.717, 1.165) is 70.6 Å². The molecule has 0 aliphatic rings. The van der Waals surface area contributed by atoms with Gasteiger partial charge in [-0.15, -0.1) is 0 Å². The first-order valence-corrected chi connectivity index (χ1v) is 32.1. The molecular weight excluding hydrogens is 875 g/mol. The molecule has 0 radical (unpaired) electrons. The number of carbonyl (C=O) groups is 2. The Morgan fingerprint density at radius 1 is 0.380 bits per heavy atom. The van der Waals surface area contributed by atoms with Gasteiger partial charge in [0, 0.05) is 12.8 Å². The average molecular weight is 1000 g/mol. The maximum Gasteiger partial charge on any atom is 0.305 e. The van der Waals surface area contributed by atoms with Gasteiger partial charge in [-0.3, -0.25) is 9.59 Å². The summed E-state index contributed by atoms with van der Waals surface area (Å²) in [7, 11) is 0. The summed E-state index contributed by atoms with van der Waals surface area (Å²) >= 11 is 0. The summed E-state index contributed by atoms with van der Waals surface area (Å²) in [6.45, 7) is 4.90. The van der Waals surface area contributed by atoms with E-state index in [2.05, 4.69) is 31.3 Å². The van der Waals surface area contributed by atoms with Crippen molar-refractivity contribution in [1.82, 2.24) is 5.32 Å². The van der Waals surface area contributed by atoms with Gasteiger partial charge >= 0.3 is 5.97 Å². The van der Waals surface area contributed by atoms with Crippen LogP contribution in [0, 0.1) is 0 Å².